The molecule has 0 saturated heterocycles. The molecule has 0 spiro atoms. The van der Waals surface area contributed by atoms with E-state index in [1.54, 1.807) is 0 Å². The van der Waals surface area contributed by atoms with Gasteiger partial charge in [0.2, 0.25) is 0 Å². The monoisotopic (exact) mass is 128 g/mol. The third kappa shape index (κ3) is 1.96. The predicted molar refractivity (Wildman–Crippen MR) is 32.1 cm³/mol. The maximum atomic E-state index is 5.54. The van der Waals surface area contributed by atoms with Crippen LogP contribution in [-0.2, 0) is 5.48 Å². The highest BCUT2D eigenvalue weighted by Gasteiger charge is 1.74. The Hall–Kier alpha value is -0.530. The largest absolute Gasteiger partial charge is 0.0843 e. The Morgan fingerprint density at radius 1 is 1.00 bits per heavy atom. The van der Waals surface area contributed by atoms with E-state index < -0.39 is 0 Å². The molecule has 0 aromatic heterocycles. The summed E-state index contributed by atoms with van der Waals surface area (Å²) >= 11 is 5.54. The van der Waals surface area contributed by atoms with Gasteiger partial charge in [-0.25, -0.2) is 0 Å². The zero-order valence-electron chi connectivity index (χ0n) is 4.17. The molecule has 1 rings (SSSR count). The highest BCUT2D eigenvalue weighted by molar-refractivity contribution is 6.30. The van der Waals surface area contributed by atoms with Crippen LogP contribution in [0.15, 0.2) is 30.3 Å². The summed E-state index contributed by atoms with van der Waals surface area (Å²) in [6.45, 7) is 0. The summed E-state index contributed by atoms with van der Waals surface area (Å²) in [4.78, 5) is 0. The second-order valence-corrected chi connectivity index (χ2v) is 1.73. The van der Waals surface area contributed by atoms with E-state index in [0.717, 1.165) is 5.02 Å². The predicted octanol–water partition coefficient (Wildman–Crippen LogP) is 2.22. The van der Waals surface area contributed by atoms with Crippen LogP contribution in [0.4, 0.5) is 0 Å². The van der Waals surface area contributed by atoms with Crippen LogP contribution >= 0.6 is 11.6 Å². The van der Waals surface area contributed by atoms with Crippen LogP contribution in [-0.4, -0.2) is 0 Å². The molecule has 42 valence electrons. The van der Waals surface area contributed by atoms with Gasteiger partial charge in [0.15, 0.2) is 0 Å². The fourth-order valence-corrected chi connectivity index (χ4v) is 0.560. The molecule has 0 atom stereocenters. The van der Waals surface area contributed by atoms with Crippen molar-refractivity contribution in [3.63, 3.8) is 0 Å². The number of hydrogen-bond donors (Lipinski definition) is 0. The normalized spacial score (nSPS) is 7.62. The second kappa shape index (κ2) is 3.47. The van der Waals surface area contributed by atoms with Gasteiger partial charge in [-0.1, -0.05) is 29.8 Å². The lowest BCUT2D eigenvalue weighted by Gasteiger charge is -1.80. The first-order valence-electron chi connectivity index (χ1n) is 2.10. The topological polar surface area (TPSA) is 28.5 Å². The van der Waals surface area contributed by atoms with Crippen molar-refractivity contribution in [3.05, 3.63) is 35.4 Å². The zero-order valence-corrected chi connectivity index (χ0v) is 4.93. The Labute approximate surface area is 53.2 Å². The van der Waals surface area contributed by atoms with Crippen LogP contribution in [0.25, 0.3) is 0 Å². The number of rotatable bonds is 0. The van der Waals surface area contributed by atoms with Gasteiger partial charge in [-0.05, 0) is 12.1 Å². The molecule has 1 aromatic rings. The first-order chi connectivity index (χ1) is 3.39. The SMILES string of the molecule is Clc1ccccc1.[O]. The summed E-state index contributed by atoms with van der Waals surface area (Å²) in [6.07, 6.45) is 0. The quantitative estimate of drug-likeness (QED) is 0.513. The average molecular weight is 129 g/mol. The molecule has 1 aromatic carbocycles. The minimum Gasteiger partial charge on any atom is -0.0843 e. The van der Waals surface area contributed by atoms with Gasteiger partial charge in [-0.3, -0.25) is 0 Å². The minimum absolute atomic E-state index is 0. The van der Waals surface area contributed by atoms with E-state index >= 15 is 0 Å². The molecule has 2 heteroatoms. The summed E-state index contributed by atoms with van der Waals surface area (Å²) in [7, 11) is 0. The molecule has 0 aliphatic rings. The summed E-state index contributed by atoms with van der Waals surface area (Å²) in [5.74, 6) is 0. The molecule has 0 bridgehead atoms. The summed E-state index contributed by atoms with van der Waals surface area (Å²) in [6, 6.07) is 9.44. The molecule has 0 saturated carbocycles. The Morgan fingerprint density at radius 2 is 1.50 bits per heavy atom. The van der Waals surface area contributed by atoms with Crippen LogP contribution in [0.5, 0.6) is 0 Å². The minimum atomic E-state index is 0. The smallest absolute Gasteiger partial charge is 0.0405 e. The van der Waals surface area contributed by atoms with Crippen LogP contribution in [0.3, 0.4) is 0 Å². The van der Waals surface area contributed by atoms with Crippen molar-refractivity contribution in [1.29, 1.82) is 0 Å². The molecule has 8 heavy (non-hydrogen) atoms. The molecule has 0 fully saturated rings. The molecule has 0 aliphatic heterocycles. The first kappa shape index (κ1) is 7.47. The highest BCUT2D eigenvalue weighted by atomic mass is 35.5. The van der Waals surface area contributed by atoms with Crippen LogP contribution in [0.2, 0.25) is 5.02 Å². The van der Waals surface area contributed by atoms with E-state index in [4.69, 9.17) is 11.6 Å². The van der Waals surface area contributed by atoms with Gasteiger partial charge in [0.1, 0.15) is 0 Å². The molecule has 1 nitrogen and oxygen atoms in total. The molecular weight excluding hydrogens is 124 g/mol. The van der Waals surface area contributed by atoms with Crippen molar-refractivity contribution >= 4 is 11.6 Å². The van der Waals surface area contributed by atoms with Crippen LogP contribution in [0, 0.1) is 0 Å². The summed E-state index contributed by atoms with van der Waals surface area (Å²) in [5, 5.41) is 0.794. The fourth-order valence-electron chi connectivity index (χ4n) is 0.415. The van der Waals surface area contributed by atoms with E-state index in [-0.39, 0.29) is 5.48 Å². The van der Waals surface area contributed by atoms with Gasteiger partial charge in [-0.15, -0.1) is 0 Å². The van der Waals surface area contributed by atoms with Gasteiger partial charge < -0.3 is 0 Å². The van der Waals surface area contributed by atoms with Crippen molar-refractivity contribution in [1.82, 2.24) is 0 Å². The maximum absolute atomic E-state index is 5.54. The number of hydrogen-bond acceptors (Lipinski definition) is 0. The fraction of sp³-hybridized carbons (Fsp3) is 0. The molecule has 2 radical (unpaired) electrons. The third-order valence-corrected chi connectivity index (χ3v) is 0.985. The van der Waals surface area contributed by atoms with Crippen molar-refractivity contribution < 1.29 is 5.48 Å². The molecule has 0 amide bonds. The molecule has 0 heterocycles. The number of halogens is 1. The van der Waals surface area contributed by atoms with Crippen LogP contribution in [0.1, 0.15) is 0 Å². The highest BCUT2D eigenvalue weighted by Crippen LogP contribution is 2.03. The van der Waals surface area contributed by atoms with E-state index in [1.807, 2.05) is 30.3 Å². The van der Waals surface area contributed by atoms with Gasteiger partial charge in [-0.2, -0.15) is 0 Å². The van der Waals surface area contributed by atoms with Crippen molar-refractivity contribution in [2.75, 3.05) is 0 Å². The second-order valence-electron chi connectivity index (χ2n) is 1.30. The van der Waals surface area contributed by atoms with Crippen molar-refractivity contribution in [2.24, 2.45) is 0 Å². The molecule has 0 unspecified atom stereocenters. The Morgan fingerprint density at radius 3 is 1.75 bits per heavy atom. The molecule has 0 N–H and O–H groups in total. The van der Waals surface area contributed by atoms with Gasteiger partial charge in [0, 0.05) is 10.5 Å². The lowest BCUT2D eigenvalue weighted by Crippen LogP contribution is -1.55. The Bertz CT molecular complexity index is 138. The van der Waals surface area contributed by atoms with Gasteiger partial charge in [0.05, 0.1) is 0 Å². The van der Waals surface area contributed by atoms with Gasteiger partial charge in [0.25, 0.3) is 0 Å². The van der Waals surface area contributed by atoms with Crippen LogP contribution < -0.4 is 0 Å². The Balaban J connectivity index is 0.000000490. The van der Waals surface area contributed by atoms with Crippen molar-refractivity contribution in [3.8, 4) is 0 Å². The van der Waals surface area contributed by atoms with Crippen molar-refractivity contribution in [2.45, 2.75) is 0 Å². The van der Waals surface area contributed by atoms with E-state index in [1.165, 1.54) is 0 Å². The average Bonchev–Trinajstić information content (AvgIpc) is 1.69. The zero-order chi connectivity index (χ0) is 5.11. The maximum Gasteiger partial charge on any atom is 0.0405 e. The standard InChI is InChI=1S/C6H5Cl.O/c7-6-4-2-1-3-5-6;/h1-5H;. The first-order valence-corrected chi connectivity index (χ1v) is 2.48. The van der Waals surface area contributed by atoms with E-state index in [2.05, 4.69) is 0 Å². The number of benzene rings is 1. The van der Waals surface area contributed by atoms with Gasteiger partial charge >= 0.3 is 0 Å². The lowest BCUT2D eigenvalue weighted by molar-refractivity contribution is 0.686. The summed E-state index contributed by atoms with van der Waals surface area (Å²) in [5.41, 5.74) is 0. The molecule has 0 aliphatic carbocycles. The van der Waals surface area contributed by atoms with E-state index in [9.17, 15) is 0 Å². The molecular formula is C6H5ClO. The Kier molecular flexibility index (Phi) is 3.24. The lowest BCUT2D eigenvalue weighted by atomic mass is 10.4. The van der Waals surface area contributed by atoms with E-state index in [0.29, 0.717) is 0 Å². The summed E-state index contributed by atoms with van der Waals surface area (Å²) < 4.78 is 0. The third-order valence-electron chi connectivity index (χ3n) is 0.733.